The Morgan fingerprint density at radius 3 is 2.47 bits per heavy atom. The Morgan fingerprint density at radius 1 is 1.00 bits per heavy atom. The monoisotopic (exact) mass is 923 g/mol. The Balaban J connectivity index is 0.910. The number of fused-ring (bicyclic) bond motifs is 1. The summed E-state index contributed by atoms with van der Waals surface area (Å²) < 4.78 is 50.6. The standard InChI is InChI=1S/C42H49BrF2N9O4PS/c1-5-25-20-33(51-42-48-22-28(43)40(53-42)50-31-7-8-32-39(60-23-49-32)38(31)59(3,4)57)35(58-2)21-34(25)54-16-11-26(12-17-54)47-15-14-46-13-10-24-18-29(44)37(30(45)19-24)27-6-9-36(55)52-41(27)56/h7-8,18-23,26-27,46-47H,5-6,9-17H2,1-4H3,(H,52,55,56)(H2,48,50,51,53). The van der Waals surface area contributed by atoms with Gasteiger partial charge < -0.3 is 35.5 Å². The number of benzene rings is 3. The van der Waals surface area contributed by atoms with E-state index in [9.17, 15) is 22.9 Å². The lowest BCUT2D eigenvalue weighted by Gasteiger charge is -2.35. The molecule has 1 unspecified atom stereocenters. The molecule has 2 aliphatic rings. The maximum atomic E-state index is 14.9. The van der Waals surface area contributed by atoms with Crippen molar-refractivity contribution < 1.29 is 27.7 Å². The molecule has 5 aromatic rings. The summed E-state index contributed by atoms with van der Waals surface area (Å²) in [6.07, 6.45) is 5.01. The van der Waals surface area contributed by atoms with Gasteiger partial charge in [0.1, 0.15) is 30.3 Å². The van der Waals surface area contributed by atoms with Crippen molar-refractivity contribution >= 4 is 90.6 Å². The van der Waals surface area contributed by atoms with E-state index in [2.05, 4.69) is 76.4 Å². The van der Waals surface area contributed by atoms with Crippen molar-refractivity contribution in [1.82, 2.24) is 30.9 Å². The van der Waals surface area contributed by atoms with Crippen molar-refractivity contribution in [3.8, 4) is 5.75 Å². The van der Waals surface area contributed by atoms with Gasteiger partial charge in [-0.2, -0.15) is 4.98 Å². The number of amides is 2. The molecule has 5 N–H and O–H groups in total. The number of halogens is 3. The van der Waals surface area contributed by atoms with Gasteiger partial charge in [-0.1, -0.05) is 6.92 Å². The third-order valence-electron chi connectivity index (χ3n) is 10.9. The number of thiazole rings is 1. The number of nitrogens with zero attached hydrogens (tertiary/aromatic N) is 4. The van der Waals surface area contributed by atoms with Crippen LogP contribution in [-0.4, -0.2) is 86.0 Å². The fourth-order valence-corrected chi connectivity index (χ4v) is 11.1. The zero-order valence-corrected chi connectivity index (χ0v) is 37.3. The number of hydrogen-bond donors (Lipinski definition) is 5. The summed E-state index contributed by atoms with van der Waals surface area (Å²) in [5, 5.41) is 16.7. The summed E-state index contributed by atoms with van der Waals surface area (Å²) in [4.78, 5) is 39.7. The second kappa shape index (κ2) is 19.0. The Kier molecular flexibility index (Phi) is 13.8. The summed E-state index contributed by atoms with van der Waals surface area (Å²) in [6.45, 7) is 9.41. The Morgan fingerprint density at radius 2 is 1.77 bits per heavy atom. The van der Waals surface area contributed by atoms with Crippen LogP contribution in [0.25, 0.3) is 10.2 Å². The number of methoxy groups -OCH3 is 1. The smallest absolute Gasteiger partial charge is 0.234 e. The number of piperidine rings is 2. The van der Waals surface area contributed by atoms with Gasteiger partial charge in [-0.25, -0.2) is 18.7 Å². The first-order valence-electron chi connectivity index (χ1n) is 20.0. The molecule has 1 atom stereocenters. The van der Waals surface area contributed by atoms with E-state index in [1.165, 1.54) is 29.0 Å². The minimum atomic E-state index is -2.68. The molecule has 3 aromatic carbocycles. The van der Waals surface area contributed by atoms with Crippen LogP contribution in [0.15, 0.2) is 52.6 Å². The quantitative estimate of drug-likeness (QED) is 0.0381. The van der Waals surface area contributed by atoms with Crippen LogP contribution in [0.3, 0.4) is 0 Å². The largest absolute Gasteiger partial charge is 0.494 e. The minimum Gasteiger partial charge on any atom is -0.494 e. The number of nitrogens with one attached hydrogen (secondary N) is 5. The van der Waals surface area contributed by atoms with Gasteiger partial charge in [-0.05, 0) is 109 Å². The van der Waals surface area contributed by atoms with E-state index in [4.69, 9.17) is 9.72 Å². The number of ether oxygens (including phenoxy) is 1. The van der Waals surface area contributed by atoms with Gasteiger partial charge in [0, 0.05) is 62.2 Å². The van der Waals surface area contributed by atoms with Crippen molar-refractivity contribution in [2.75, 3.05) is 68.7 Å². The van der Waals surface area contributed by atoms with Crippen LogP contribution in [0.1, 0.15) is 55.2 Å². The lowest BCUT2D eigenvalue weighted by Crippen LogP contribution is -2.44. The molecule has 18 heteroatoms. The fraction of sp³-hybridized carbons (Fsp3) is 0.405. The molecule has 2 fully saturated rings. The molecule has 2 amide bonds. The number of carbonyl (C=O) groups is 2. The van der Waals surface area contributed by atoms with E-state index < -0.39 is 36.5 Å². The number of rotatable bonds is 16. The van der Waals surface area contributed by atoms with Crippen LogP contribution >= 0.6 is 34.4 Å². The molecule has 0 spiro atoms. The van der Waals surface area contributed by atoms with Gasteiger partial charge in [0.15, 0.2) is 0 Å². The lowest BCUT2D eigenvalue weighted by molar-refractivity contribution is -0.134. The van der Waals surface area contributed by atoms with Gasteiger partial charge in [0.05, 0.1) is 49.9 Å². The van der Waals surface area contributed by atoms with Crippen molar-refractivity contribution in [2.24, 2.45) is 0 Å². The second-order valence-electron chi connectivity index (χ2n) is 15.4. The highest BCUT2D eigenvalue weighted by molar-refractivity contribution is 9.10. The maximum Gasteiger partial charge on any atom is 0.234 e. The van der Waals surface area contributed by atoms with Gasteiger partial charge in [0.25, 0.3) is 0 Å². The molecule has 0 radical (unpaired) electrons. The normalized spacial score (nSPS) is 16.3. The number of anilines is 5. The molecule has 2 saturated heterocycles. The second-order valence-corrected chi connectivity index (χ2v) is 20.2. The van der Waals surface area contributed by atoms with E-state index in [-0.39, 0.29) is 18.4 Å². The number of carbonyl (C=O) groups excluding carboxylic acids is 2. The number of aryl methyl sites for hydroxylation is 1. The third-order valence-corrected chi connectivity index (χ3v) is 14.1. The van der Waals surface area contributed by atoms with Crippen LogP contribution < -0.4 is 41.5 Å². The van der Waals surface area contributed by atoms with Crippen molar-refractivity contribution in [2.45, 2.75) is 57.4 Å². The summed E-state index contributed by atoms with van der Waals surface area (Å²) in [6, 6.07) is 10.9. The first-order chi connectivity index (χ1) is 28.8. The molecule has 0 aliphatic carbocycles. The maximum absolute atomic E-state index is 14.9. The van der Waals surface area contributed by atoms with Crippen molar-refractivity contribution in [3.63, 3.8) is 0 Å². The molecule has 0 saturated carbocycles. The Hall–Kier alpha value is -4.54. The van der Waals surface area contributed by atoms with Gasteiger partial charge in [-0.3, -0.25) is 14.9 Å². The van der Waals surface area contributed by atoms with Crippen LogP contribution in [-0.2, 0) is 27.0 Å². The van der Waals surface area contributed by atoms with Crippen molar-refractivity contribution in [3.05, 3.63) is 80.9 Å². The first-order valence-corrected chi connectivity index (χ1v) is 24.3. The highest BCUT2D eigenvalue weighted by Gasteiger charge is 2.32. The topological polar surface area (TPSA) is 162 Å². The zero-order chi connectivity index (χ0) is 42.6. The van der Waals surface area contributed by atoms with Gasteiger partial charge >= 0.3 is 0 Å². The average molecular weight is 925 g/mol. The predicted molar refractivity (Wildman–Crippen MR) is 239 cm³/mol. The number of hydrogen-bond acceptors (Lipinski definition) is 13. The van der Waals surface area contributed by atoms with Gasteiger partial charge in [0.2, 0.25) is 17.8 Å². The van der Waals surface area contributed by atoms with Crippen LogP contribution in [0.5, 0.6) is 5.75 Å². The van der Waals surface area contributed by atoms with Crippen molar-refractivity contribution in [1.29, 1.82) is 0 Å². The van der Waals surface area contributed by atoms with E-state index in [1.54, 1.807) is 32.1 Å². The Bertz CT molecular complexity index is 2420. The highest BCUT2D eigenvalue weighted by atomic mass is 79.9. The minimum absolute atomic E-state index is 0.0573. The Labute approximate surface area is 360 Å². The van der Waals surface area contributed by atoms with E-state index in [1.807, 2.05) is 12.1 Å². The third kappa shape index (κ3) is 9.97. The molecule has 13 nitrogen and oxygen atoms in total. The highest BCUT2D eigenvalue weighted by Crippen LogP contribution is 2.43. The molecule has 7 rings (SSSR count). The van der Waals surface area contributed by atoms with Crippen LogP contribution in [0, 0.1) is 11.6 Å². The van der Waals surface area contributed by atoms with E-state index in [0.29, 0.717) is 58.8 Å². The van der Waals surface area contributed by atoms with E-state index in [0.717, 1.165) is 65.8 Å². The first kappa shape index (κ1) is 43.5. The predicted octanol–water partition coefficient (Wildman–Crippen LogP) is 7.34. The van der Waals surface area contributed by atoms with Crippen LogP contribution in [0.4, 0.5) is 37.6 Å². The summed E-state index contributed by atoms with van der Waals surface area (Å²) in [5.74, 6) is -2.04. The average Bonchev–Trinajstić information content (AvgIpc) is 3.69. The van der Waals surface area contributed by atoms with Crippen LogP contribution in [0.2, 0.25) is 0 Å². The summed E-state index contributed by atoms with van der Waals surface area (Å²) >= 11 is 5.05. The molecule has 4 heterocycles. The van der Waals surface area contributed by atoms with Gasteiger partial charge in [-0.15, -0.1) is 11.3 Å². The zero-order valence-electron chi connectivity index (χ0n) is 34.0. The molecule has 0 bridgehead atoms. The molecule has 2 aliphatic heterocycles. The molecule has 60 heavy (non-hydrogen) atoms. The number of aromatic nitrogens is 3. The number of imide groups is 1. The van der Waals surface area contributed by atoms with E-state index >= 15 is 0 Å². The summed E-state index contributed by atoms with van der Waals surface area (Å²) in [7, 11) is -1.03. The molecular weight excluding hydrogens is 875 g/mol. The molecule has 2 aromatic heterocycles. The lowest BCUT2D eigenvalue weighted by atomic mass is 9.89. The fourth-order valence-electron chi connectivity index (χ4n) is 7.90. The summed E-state index contributed by atoms with van der Waals surface area (Å²) in [5.41, 5.74) is 6.56. The molecule has 318 valence electrons. The molecular formula is C42H49BrF2N9O4PS. The SMILES string of the molecule is CCc1cc(Nc2ncc(Br)c(Nc3ccc4ncsc4c3P(C)(C)=O)n2)c(OC)cc1N1CCC(NCCNCCc2cc(F)c(C3CCC(=O)NC3=O)c(F)c2)CC1.